The van der Waals surface area contributed by atoms with Gasteiger partial charge in [-0.05, 0) is 24.6 Å². The van der Waals surface area contributed by atoms with E-state index in [0.717, 1.165) is 47.0 Å². The fourth-order valence-corrected chi connectivity index (χ4v) is 3.80. The van der Waals surface area contributed by atoms with E-state index < -0.39 is 0 Å². The molecule has 0 saturated heterocycles. The minimum Gasteiger partial charge on any atom is -0.397 e. The molecule has 1 amide bonds. The number of unbranched alkanes of at least 4 members (excludes halogenated alkanes) is 1. The van der Waals surface area contributed by atoms with Gasteiger partial charge in [-0.2, -0.15) is 0 Å². The van der Waals surface area contributed by atoms with Gasteiger partial charge in [0.25, 0.3) is 5.91 Å². The summed E-state index contributed by atoms with van der Waals surface area (Å²) in [7, 11) is 0. The topological polar surface area (TPSA) is 134 Å². The number of carbonyl (C=O) groups excluding carboxylic acids is 1. The minimum absolute atomic E-state index is 0.254. The van der Waals surface area contributed by atoms with Gasteiger partial charge in [-0.3, -0.25) is 4.79 Å². The number of nitrogens with two attached hydrogens (primary N) is 2. The Morgan fingerprint density at radius 1 is 1.12 bits per heavy atom. The summed E-state index contributed by atoms with van der Waals surface area (Å²) in [6, 6.07) is 11.2. The van der Waals surface area contributed by atoms with E-state index in [1.54, 1.807) is 12.1 Å². The molecule has 0 saturated carbocycles. The molecule has 0 atom stereocenters. The maximum atomic E-state index is 12.1. The number of fused-ring (bicyclic) bond motifs is 3. The van der Waals surface area contributed by atoms with Gasteiger partial charge in [-0.25, -0.2) is 15.0 Å². The number of nitrogens with zero attached hydrogens (tertiary/aromatic N) is 4. The van der Waals surface area contributed by atoms with Crippen molar-refractivity contribution in [1.29, 1.82) is 0 Å². The monoisotopic (exact) mass is 447 g/mol. The number of rotatable bonds is 10. The molecule has 9 nitrogen and oxygen atoms in total. The second kappa shape index (κ2) is 10.3. The molecule has 0 bridgehead atoms. The van der Waals surface area contributed by atoms with Crippen LogP contribution in [0.4, 0.5) is 11.5 Å². The number of hydrogen-bond donors (Lipinski definition) is 3. The minimum atomic E-state index is -0.254. The van der Waals surface area contributed by atoms with Gasteiger partial charge in [-0.1, -0.05) is 31.5 Å². The number of pyridine rings is 2. The molecule has 3 aromatic heterocycles. The third-order valence-corrected chi connectivity index (χ3v) is 5.45. The van der Waals surface area contributed by atoms with E-state index in [9.17, 15) is 4.79 Å². The lowest BCUT2D eigenvalue weighted by Gasteiger charge is -2.12. The first-order valence-electron chi connectivity index (χ1n) is 11.2. The SMILES string of the molecule is CCCCc1nc2c(N)nc3ccccc3c2n1CCOCCNC(=O)c1ccc(N)cn1. The van der Waals surface area contributed by atoms with Crippen LogP contribution >= 0.6 is 0 Å². The highest BCUT2D eigenvalue weighted by atomic mass is 16.5. The molecule has 4 aromatic rings. The maximum Gasteiger partial charge on any atom is 0.269 e. The molecule has 172 valence electrons. The van der Waals surface area contributed by atoms with E-state index in [2.05, 4.69) is 26.8 Å². The molecule has 1 aromatic carbocycles. The molecule has 0 aliphatic rings. The van der Waals surface area contributed by atoms with Crippen molar-refractivity contribution in [3.8, 4) is 0 Å². The maximum absolute atomic E-state index is 12.1. The number of anilines is 2. The first-order valence-corrected chi connectivity index (χ1v) is 11.2. The van der Waals surface area contributed by atoms with Crippen LogP contribution in [-0.2, 0) is 17.7 Å². The summed E-state index contributed by atoms with van der Waals surface area (Å²) in [6.45, 7) is 4.06. The third kappa shape index (κ3) is 5.04. The average molecular weight is 448 g/mol. The van der Waals surface area contributed by atoms with E-state index in [1.165, 1.54) is 6.20 Å². The predicted octanol–water partition coefficient (Wildman–Crippen LogP) is 2.93. The highest BCUT2D eigenvalue weighted by Gasteiger charge is 2.17. The van der Waals surface area contributed by atoms with E-state index in [0.29, 0.717) is 43.5 Å². The lowest BCUT2D eigenvalue weighted by atomic mass is 10.2. The van der Waals surface area contributed by atoms with Gasteiger partial charge in [0.1, 0.15) is 17.0 Å². The number of ether oxygens (including phenoxy) is 1. The van der Waals surface area contributed by atoms with Crippen molar-refractivity contribution in [1.82, 2.24) is 24.8 Å². The summed E-state index contributed by atoms with van der Waals surface area (Å²) < 4.78 is 8.01. The van der Waals surface area contributed by atoms with Gasteiger partial charge >= 0.3 is 0 Å². The summed E-state index contributed by atoms with van der Waals surface area (Å²) in [5.41, 5.74) is 15.3. The van der Waals surface area contributed by atoms with Crippen LogP contribution in [0.15, 0.2) is 42.6 Å². The Balaban J connectivity index is 1.42. The zero-order valence-electron chi connectivity index (χ0n) is 18.8. The fourth-order valence-electron chi connectivity index (χ4n) is 3.80. The molecular weight excluding hydrogens is 418 g/mol. The Hall–Kier alpha value is -3.72. The number of nitrogen functional groups attached to an aromatic ring is 2. The normalized spacial score (nSPS) is 11.3. The molecule has 3 heterocycles. The van der Waals surface area contributed by atoms with E-state index in [4.69, 9.17) is 21.2 Å². The first kappa shape index (κ1) is 22.5. The van der Waals surface area contributed by atoms with E-state index in [1.807, 2.05) is 24.3 Å². The molecule has 5 N–H and O–H groups in total. The Morgan fingerprint density at radius 3 is 2.76 bits per heavy atom. The van der Waals surface area contributed by atoms with Crippen molar-refractivity contribution in [2.45, 2.75) is 32.7 Å². The van der Waals surface area contributed by atoms with Gasteiger partial charge in [0.15, 0.2) is 5.82 Å². The molecule has 9 heteroatoms. The number of aromatic nitrogens is 4. The molecule has 0 aliphatic carbocycles. The Morgan fingerprint density at radius 2 is 1.97 bits per heavy atom. The standard InChI is InChI=1S/C24H29N7O2/c1-2-3-8-20-30-21-22(17-6-4-5-7-18(17)29-23(21)26)31(20)12-14-33-13-11-27-24(32)19-10-9-16(25)15-28-19/h4-7,9-10,15H,2-3,8,11-14,25H2,1H3,(H2,26,29)(H,27,32). The predicted molar refractivity (Wildman–Crippen MR) is 130 cm³/mol. The number of para-hydroxylation sites is 1. The van der Waals surface area contributed by atoms with Crippen LogP contribution in [0, 0.1) is 0 Å². The van der Waals surface area contributed by atoms with E-state index in [-0.39, 0.29) is 5.91 Å². The molecule has 0 fully saturated rings. The van der Waals surface area contributed by atoms with Crippen molar-refractivity contribution >= 4 is 39.3 Å². The van der Waals surface area contributed by atoms with Crippen LogP contribution in [0.5, 0.6) is 0 Å². The smallest absolute Gasteiger partial charge is 0.269 e. The number of amides is 1. The molecule has 0 unspecified atom stereocenters. The van der Waals surface area contributed by atoms with Crippen LogP contribution in [0.1, 0.15) is 36.1 Å². The van der Waals surface area contributed by atoms with Crippen molar-refractivity contribution < 1.29 is 9.53 Å². The summed E-state index contributed by atoms with van der Waals surface area (Å²) in [6.07, 6.45) is 4.45. The Bertz CT molecular complexity index is 1250. The van der Waals surface area contributed by atoms with Gasteiger partial charge in [0.2, 0.25) is 0 Å². The van der Waals surface area contributed by atoms with Crippen molar-refractivity contribution in [3.63, 3.8) is 0 Å². The zero-order chi connectivity index (χ0) is 23.2. The number of carbonyl (C=O) groups is 1. The summed E-state index contributed by atoms with van der Waals surface area (Å²) in [5, 5.41) is 3.83. The third-order valence-electron chi connectivity index (χ3n) is 5.45. The molecule has 0 aliphatic heterocycles. The highest BCUT2D eigenvalue weighted by molar-refractivity contribution is 6.06. The van der Waals surface area contributed by atoms with Gasteiger partial charge in [-0.15, -0.1) is 0 Å². The Kier molecular flexibility index (Phi) is 6.99. The van der Waals surface area contributed by atoms with E-state index >= 15 is 0 Å². The summed E-state index contributed by atoms with van der Waals surface area (Å²) in [5.74, 6) is 1.18. The van der Waals surface area contributed by atoms with Crippen molar-refractivity contribution in [3.05, 3.63) is 54.1 Å². The lowest BCUT2D eigenvalue weighted by molar-refractivity contribution is 0.0904. The van der Waals surface area contributed by atoms with Crippen LogP contribution in [-0.4, -0.2) is 45.2 Å². The Labute approximate surface area is 192 Å². The largest absolute Gasteiger partial charge is 0.397 e. The summed E-state index contributed by atoms with van der Waals surface area (Å²) >= 11 is 0. The van der Waals surface area contributed by atoms with Crippen LogP contribution < -0.4 is 16.8 Å². The second-order valence-electron chi connectivity index (χ2n) is 7.84. The zero-order valence-corrected chi connectivity index (χ0v) is 18.8. The van der Waals surface area contributed by atoms with Gasteiger partial charge in [0, 0.05) is 24.9 Å². The highest BCUT2D eigenvalue weighted by Crippen LogP contribution is 2.29. The second-order valence-corrected chi connectivity index (χ2v) is 7.84. The molecule has 0 spiro atoms. The fraction of sp³-hybridized carbons (Fsp3) is 0.333. The molecule has 4 rings (SSSR count). The summed E-state index contributed by atoms with van der Waals surface area (Å²) in [4.78, 5) is 25.5. The number of nitrogens with one attached hydrogen (secondary N) is 1. The molecular formula is C24H29N7O2. The lowest BCUT2D eigenvalue weighted by Crippen LogP contribution is -2.28. The van der Waals surface area contributed by atoms with Gasteiger partial charge in [0.05, 0.1) is 36.1 Å². The number of aryl methyl sites for hydroxylation is 1. The van der Waals surface area contributed by atoms with Gasteiger partial charge < -0.3 is 26.1 Å². The number of hydrogen-bond acceptors (Lipinski definition) is 7. The molecule has 33 heavy (non-hydrogen) atoms. The van der Waals surface area contributed by atoms with Crippen LogP contribution in [0.25, 0.3) is 21.9 Å². The number of imidazole rings is 1. The quantitative estimate of drug-likeness (QED) is 0.318. The van der Waals surface area contributed by atoms with Crippen molar-refractivity contribution in [2.75, 3.05) is 31.2 Å². The number of benzene rings is 1. The first-order chi connectivity index (χ1) is 16.1. The molecule has 0 radical (unpaired) electrons. The van der Waals surface area contributed by atoms with Crippen LogP contribution in [0.3, 0.4) is 0 Å². The van der Waals surface area contributed by atoms with Crippen molar-refractivity contribution in [2.24, 2.45) is 0 Å². The average Bonchev–Trinajstić information content (AvgIpc) is 3.19. The van der Waals surface area contributed by atoms with Crippen LogP contribution in [0.2, 0.25) is 0 Å².